The Balaban J connectivity index is 1.48. The average Bonchev–Trinajstić information content (AvgIpc) is 2.65. The van der Waals surface area contributed by atoms with Gasteiger partial charge in [-0.25, -0.2) is 9.37 Å². The molecule has 1 aliphatic rings. The highest BCUT2D eigenvalue weighted by molar-refractivity contribution is 5.21. The van der Waals surface area contributed by atoms with Gasteiger partial charge in [-0.3, -0.25) is 0 Å². The first-order valence-electron chi connectivity index (χ1n) is 9.75. The van der Waals surface area contributed by atoms with E-state index in [1.54, 1.807) is 0 Å². The van der Waals surface area contributed by atoms with Crippen LogP contribution in [-0.4, -0.2) is 29.5 Å². The van der Waals surface area contributed by atoms with Gasteiger partial charge in [-0.15, -0.1) is 0 Å². The largest absolute Gasteiger partial charge is 0.303 e. The Hall–Kier alpha value is -1.81. The first kappa shape index (κ1) is 19.0. The minimum atomic E-state index is -0.364. The summed E-state index contributed by atoms with van der Waals surface area (Å²) in [4.78, 5) is 6.66. The van der Waals surface area contributed by atoms with Crippen LogP contribution in [0.5, 0.6) is 0 Å². The van der Waals surface area contributed by atoms with Gasteiger partial charge in [0.25, 0.3) is 0 Å². The molecule has 26 heavy (non-hydrogen) atoms. The van der Waals surface area contributed by atoms with E-state index in [9.17, 15) is 8.78 Å². The van der Waals surface area contributed by atoms with E-state index in [2.05, 4.69) is 16.8 Å². The molecule has 3 rings (SSSR count). The number of hydrogen-bond acceptors (Lipinski definition) is 2. The second-order valence-electron chi connectivity index (χ2n) is 7.36. The van der Waals surface area contributed by atoms with E-state index < -0.39 is 0 Å². The number of rotatable bonds is 7. The zero-order valence-electron chi connectivity index (χ0n) is 15.6. The van der Waals surface area contributed by atoms with Crippen LogP contribution in [0, 0.1) is 17.7 Å². The lowest BCUT2D eigenvalue weighted by Crippen LogP contribution is -2.35. The van der Waals surface area contributed by atoms with Crippen molar-refractivity contribution in [3.8, 4) is 0 Å². The summed E-state index contributed by atoms with van der Waals surface area (Å²) in [6.07, 6.45) is 6.14. The molecule has 0 amide bonds. The first-order chi connectivity index (χ1) is 12.6. The fraction of sp³-hybridized carbons (Fsp3) is 0.500. The van der Waals surface area contributed by atoms with Crippen molar-refractivity contribution >= 4 is 0 Å². The SMILES string of the molecule is CCCc1ccc(F)nc1CC1CCN(CCc2ccc(F)cc2)CC1. The zero-order chi connectivity index (χ0) is 18.4. The van der Waals surface area contributed by atoms with Gasteiger partial charge in [-0.1, -0.05) is 31.5 Å². The Morgan fingerprint density at radius 2 is 1.73 bits per heavy atom. The van der Waals surface area contributed by atoms with Crippen molar-refractivity contribution in [3.63, 3.8) is 0 Å². The molecule has 1 aromatic heterocycles. The average molecular weight is 358 g/mol. The topological polar surface area (TPSA) is 16.1 Å². The number of halogens is 2. The Kier molecular flexibility index (Phi) is 6.73. The fourth-order valence-corrected chi connectivity index (χ4v) is 3.80. The van der Waals surface area contributed by atoms with Crippen molar-refractivity contribution in [2.75, 3.05) is 19.6 Å². The summed E-state index contributed by atoms with van der Waals surface area (Å²) in [5, 5.41) is 0. The third kappa shape index (κ3) is 5.34. The molecule has 2 aromatic rings. The van der Waals surface area contributed by atoms with Crippen molar-refractivity contribution in [2.24, 2.45) is 5.92 Å². The van der Waals surface area contributed by atoms with Crippen LogP contribution in [0.1, 0.15) is 43.0 Å². The summed E-state index contributed by atoms with van der Waals surface area (Å²) in [5.74, 6) is 0.0431. The van der Waals surface area contributed by atoms with Gasteiger partial charge < -0.3 is 4.90 Å². The lowest BCUT2D eigenvalue weighted by molar-refractivity contribution is 0.185. The van der Waals surface area contributed by atoms with Gasteiger partial charge in [-0.05, 0) is 80.4 Å². The van der Waals surface area contributed by atoms with Gasteiger partial charge in [0, 0.05) is 12.2 Å². The number of piperidine rings is 1. The van der Waals surface area contributed by atoms with Gasteiger partial charge in [0.2, 0.25) is 5.95 Å². The minimum Gasteiger partial charge on any atom is -0.303 e. The van der Waals surface area contributed by atoms with Gasteiger partial charge in [0.15, 0.2) is 0 Å². The number of benzene rings is 1. The van der Waals surface area contributed by atoms with Crippen LogP contribution in [0.4, 0.5) is 8.78 Å². The van der Waals surface area contributed by atoms with E-state index >= 15 is 0 Å². The number of aromatic nitrogens is 1. The molecule has 1 aromatic carbocycles. The molecule has 1 saturated heterocycles. The highest BCUT2D eigenvalue weighted by atomic mass is 19.1. The molecule has 2 heterocycles. The number of aryl methyl sites for hydroxylation is 1. The molecule has 140 valence electrons. The Morgan fingerprint density at radius 3 is 2.42 bits per heavy atom. The normalized spacial score (nSPS) is 16.1. The first-order valence-corrected chi connectivity index (χ1v) is 9.75. The highest BCUT2D eigenvalue weighted by Crippen LogP contribution is 2.23. The van der Waals surface area contributed by atoms with E-state index in [4.69, 9.17) is 0 Å². The summed E-state index contributed by atoms with van der Waals surface area (Å²) in [6, 6.07) is 10.2. The van der Waals surface area contributed by atoms with Crippen molar-refractivity contribution < 1.29 is 8.78 Å². The van der Waals surface area contributed by atoms with Crippen molar-refractivity contribution in [3.05, 3.63) is 65.0 Å². The molecular weight excluding hydrogens is 330 g/mol. The fourth-order valence-electron chi connectivity index (χ4n) is 3.80. The molecule has 4 heteroatoms. The summed E-state index contributed by atoms with van der Waals surface area (Å²) >= 11 is 0. The molecule has 0 atom stereocenters. The molecule has 0 radical (unpaired) electrons. The molecule has 0 bridgehead atoms. The van der Waals surface area contributed by atoms with Crippen molar-refractivity contribution in [2.45, 2.75) is 45.4 Å². The zero-order valence-corrected chi connectivity index (χ0v) is 15.6. The van der Waals surface area contributed by atoms with Crippen LogP contribution in [0.15, 0.2) is 36.4 Å². The predicted molar refractivity (Wildman–Crippen MR) is 101 cm³/mol. The predicted octanol–water partition coefficient (Wildman–Crippen LogP) is 4.81. The number of pyridine rings is 1. The maximum atomic E-state index is 13.5. The summed E-state index contributed by atoms with van der Waals surface area (Å²) in [6.45, 7) is 5.30. The molecule has 0 spiro atoms. The molecule has 0 saturated carbocycles. The van der Waals surface area contributed by atoms with E-state index in [1.165, 1.54) is 29.3 Å². The maximum absolute atomic E-state index is 13.5. The van der Waals surface area contributed by atoms with Gasteiger partial charge in [0.05, 0.1) is 0 Å². The molecule has 0 N–H and O–H groups in total. The molecule has 0 aliphatic carbocycles. The third-order valence-electron chi connectivity index (χ3n) is 5.37. The second-order valence-corrected chi connectivity index (χ2v) is 7.36. The summed E-state index contributed by atoms with van der Waals surface area (Å²) in [7, 11) is 0. The molecule has 2 nitrogen and oxygen atoms in total. The smallest absolute Gasteiger partial charge is 0.213 e. The van der Waals surface area contributed by atoms with E-state index in [-0.39, 0.29) is 11.8 Å². The summed E-state index contributed by atoms with van der Waals surface area (Å²) in [5.41, 5.74) is 3.34. The van der Waals surface area contributed by atoms with Crippen LogP contribution in [0.25, 0.3) is 0 Å². The third-order valence-corrected chi connectivity index (χ3v) is 5.37. The van der Waals surface area contributed by atoms with E-state index in [1.807, 2.05) is 18.2 Å². The molecule has 1 fully saturated rings. The summed E-state index contributed by atoms with van der Waals surface area (Å²) < 4.78 is 26.5. The van der Waals surface area contributed by atoms with Crippen LogP contribution in [-0.2, 0) is 19.3 Å². The number of nitrogens with zero attached hydrogens (tertiary/aromatic N) is 2. The standard InChI is InChI=1S/C22H28F2N2/c1-2-3-19-6-9-22(24)25-21(19)16-18-11-14-26(15-12-18)13-10-17-4-7-20(23)8-5-17/h4-9,18H,2-3,10-16H2,1H3. The van der Waals surface area contributed by atoms with E-state index in [0.29, 0.717) is 5.92 Å². The van der Waals surface area contributed by atoms with E-state index in [0.717, 1.165) is 63.9 Å². The monoisotopic (exact) mass is 358 g/mol. The quantitative estimate of drug-likeness (QED) is 0.660. The van der Waals surface area contributed by atoms with Gasteiger partial charge in [0.1, 0.15) is 5.82 Å². The molecular formula is C22H28F2N2. The Morgan fingerprint density at radius 1 is 1.00 bits per heavy atom. The van der Waals surface area contributed by atoms with Crippen LogP contribution < -0.4 is 0 Å². The van der Waals surface area contributed by atoms with Crippen molar-refractivity contribution in [1.82, 2.24) is 9.88 Å². The molecule has 0 unspecified atom stereocenters. The van der Waals surface area contributed by atoms with Gasteiger partial charge in [-0.2, -0.15) is 4.39 Å². The Labute approximate surface area is 155 Å². The number of hydrogen-bond donors (Lipinski definition) is 0. The Bertz CT molecular complexity index is 692. The lowest BCUT2D eigenvalue weighted by atomic mass is 9.90. The molecule has 1 aliphatic heterocycles. The van der Waals surface area contributed by atoms with Crippen LogP contribution >= 0.6 is 0 Å². The van der Waals surface area contributed by atoms with Crippen molar-refractivity contribution in [1.29, 1.82) is 0 Å². The highest BCUT2D eigenvalue weighted by Gasteiger charge is 2.21. The van der Waals surface area contributed by atoms with Crippen LogP contribution in [0.2, 0.25) is 0 Å². The minimum absolute atomic E-state index is 0.178. The second kappa shape index (κ2) is 9.22. The number of likely N-dealkylation sites (tertiary alicyclic amines) is 1. The maximum Gasteiger partial charge on any atom is 0.213 e. The lowest BCUT2D eigenvalue weighted by Gasteiger charge is -2.32. The van der Waals surface area contributed by atoms with Gasteiger partial charge >= 0.3 is 0 Å². The van der Waals surface area contributed by atoms with Crippen LogP contribution in [0.3, 0.4) is 0 Å².